The molecule has 5 heteroatoms. The van der Waals surface area contributed by atoms with Crippen molar-refractivity contribution < 1.29 is 14.3 Å². The lowest BCUT2D eigenvalue weighted by molar-refractivity contribution is -0.145. The van der Waals surface area contributed by atoms with Crippen molar-refractivity contribution in [2.45, 2.75) is 12.5 Å². The average Bonchev–Trinajstić information content (AvgIpc) is 2.53. The van der Waals surface area contributed by atoms with Crippen LogP contribution < -0.4 is 4.90 Å². The maximum Gasteiger partial charge on any atom is 0.308 e. The molecule has 1 heterocycles. The SMILES string of the molecule is COC(=O)C[C@@H]1CN(CCN(C)c2ccccc2)CCO1. The highest BCUT2D eigenvalue weighted by molar-refractivity contribution is 5.69. The van der Waals surface area contributed by atoms with Crippen LogP contribution in [0.3, 0.4) is 0 Å². The van der Waals surface area contributed by atoms with E-state index >= 15 is 0 Å². The molecule has 0 N–H and O–H groups in total. The number of nitrogens with zero attached hydrogens (tertiary/aromatic N) is 2. The van der Waals surface area contributed by atoms with E-state index in [2.05, 4.69) is 29.0 Å². The number of carbonyl (C=O) groups is 1. The van der Waals surface area contributed by atoms with Gasteiger partial charge in [0.1, 0.15) is 0 Å². The maximum absolute atomic E-state index is 11.3. The Kier molecular flexibility index (Phi) is 6.02. The van der Waals surface area contributed by atoms with E-state index in [1.54, 1.807) is 0 Å². The number of likely N-dealkylation sites (N-methyl/N-ethyl adjacent to an activating group) is 1. The predicted molar refractivity (Wildman–Crippen MR) is 82.5 cm³/mol. The van der Waals surface area contributed by atoms with Gasteiger partial charge in [0.05, 0.1) is 26.2 Å². The molecule has 1 aromatic rings. The normalized spacial score (nSPS) is 19.2. The fourth-order valence-electron chi connectivity index (χ4n) is 2.48. The zero-order chi connectivity index (χ0) is 15.1. The van der Waals surface area contributed by atoms with Gasteiger partial charge in [-0.2, -0.15) is 0 Å². The van der Waals surface area contributed by atoms with Crippen molar-refractivity contribution in [3.8, 4) is 0 Å². The minimum Gasteiger partial charge on any atom is -0.469 e. The molecule has 0 spiro atoms. The highest BCUT2D eigenvalue weighted by Crippen LogP contribution is 2.12. The number of ether oxygens (including phenoxy) is 2. The molecule has 0 aliphatic carbocycles. The summed E-state index contributed by atoms with van der Waals surface area (Å²) >= 11 is 0. The van der Waals surface area contributed by atoms with E-state index in [-0.39, 0.29) is 12.1 Å². The molecule has 0 unspecified atom stereocenters. The van der Waals surface area contributed by atoms with Crippen molar-refractivity contribution in [3.63, 3.8) is 0 Å². The lowest BCUT2D eigenvalue weighted by atomic mass is 10.2. The summed E-state index contributed by atoms with van der Waals surface area (Å²) in [6.45, 7) is 4.30. The van der Waals surface area contributed by atoms with Gasteiger partial charge in [0.2, 0.25) is 0 Å². The zero-order valence-corrected chi connectivity index (χ0v) is 12.8. The fourth-order valence-corrected chi connectivity index (χ4v) is 2.48. The maximum atomic E-state index is 11.3. The van der Waals surface area contributed by atoms with Crippen molar-refractivity contribution >= 4 is 11.7 Å². The molecule has 1 fully saturated rings. The summed E-state index contributed by atoms with van der Waals surface area (Å²) in [6.07, 6.45) is 0.287. The monoisotopic (exact) mass is 292 g/mol. The first-order valence-corrected chi connectivity index (χ1v) is 7.36. The topological polar surface area (TPSA) is 42.0 Å². The molecule has 1 aliphatic heterocycles. The Labute approximate surface area is 126 Å². The molecule has 116 valence electrons. The van der Waals surface area contributed by atoms with Gasteiger partial charge < -0.3 is 14.4 Å². The predicted octanol–water partition coefficient (Wildman–Crippen LogP) is 1.39. The van der Waals surface area contributed by atoms with E-state index in [4.69, 9.17) is 9.47 Å². The standard InChI is InChI=1S/C16H24N2O3/c1-17(14-6-4-3-5-7-14)8-9-18-10-11-21-15(13-18)12-16(19)20-2/h3-7,15H,8-13H2,1-2H3/t15-/m1/s1. The molecule has 1 saturated heterocycles. The number of benzene rings is 1. The zero-order valence-electron chi connectivity index (χ0n) is 12.8. The number of anilines is 1. The van der Waals surface area contributed by atoms with Crippen LogP contribution in [-0.4, -0.2) is 63.9 Å². The molecule has 5 nitrogen and oxygen atoms in total. The summed E-state index contributed by atoms with van der Waals surface area (Å²) < 4.78 is 10.3. The van der Waals surface area contributed by atoms with Gasteiger partial charge in [0.25, 0.3) is 0 Å². The van der Waals surface area contributed by atoms with Crippen molar-refractivity contribution in [3.05, 3.63) is 30.3 Å². The van der Waals surface area contributed by atoms with Crippen molar-refractivity contribution in [1.29, 1.82) is 0 Å². The average molecular weight is 292 g/mol. The van der Waals surface area contributed by atoms with Crippen molar-refractivity contribution in [2.24, 2.45) is 0 Å². The molecule has 0 amide bonds. The Bertz CT molecular complexity index is 438. The van der Waals surface area contributed by atoms with E-state index in [0.29, 0.717) is 13.0 Å². The number of morpholine rings is 1. The van der Waals surface area contributed by atoms with Gasteiger partial charge in [-0.25, -0.2) is 0 Å². The summed E-state index contributed by atoms with van der Waals surface area (Å²) in [6, 6.07) is 10.3. The first-order chi connectivity index (χ1) is 10.2. The Balaban J connectivity index is 1.76. The van der Waals surface area contributed by atoms with Gasteiger partial charge >= 0.3 is 5.97 Å². The van der Waals surface area contributed by atoms with Gasteiger partial charge in [-0.1, -0.05) is 18.2 Å². The van der Waals surface area contributed by atoms with Crippen LogP contribution in [0.5, 0.6) is 0 Å². The summed E-state index contributed by atoms with van der Waals surface area (Å²) in [7, 11) is 3.51. The van der Waals surface area contributed by atoms with E-state index in [1.165, 1.54) is 12.8 Å². The van der Waals surface area contributed by atoms with Crippen LogP contribution in [0.4, 0.5) is 5.69 Å². The molecular weight excluding hydrogens is 268 g/mol. The number of esters is 1. The summed E-state index contributed by atoms with van der Waals surface area (Å²) in [5.74, 6) is -0.205. The molecule has 2 rings (SSSR count). The molecule has 1 aliphatic rings. The second-order valence-corrected chi connectivity index (χ2v) is 5.33. The largest absolute Gasteiger partial charge is 0.469 e. The Hall–Kier alpha value is -1.59. The van der Waals surface area contributed by atoms with Gasteiger partial charge in [0.15, 0.2) is 0 Å². The Morgan fingerprint density at radius 1 is 1.43 bits per heavy atom. The van der Waals surface area contributed by atoms with Crippen molar-refractivity contribution in [1.82, 2.24) is 4.90 Å². The highest BCUT2D eigenvalue weighted by atomic mass is 16.5. The lowest BCUT2D eigenvalue weighted by Gasteiger charge is -2.33. The second kappa shape index (κ2) is 8.00. The second-order valence-electron chi connectivity index (χ2n) is 5.33. The van der Waals surface area contributed by atoms with Crippen LogP contribution in [0.1, 0.15) is 6.42 Å². The molecule has 0 radical (unpaired) electrons. The van der Waals surface area contributed by atoms with Crippen LogP contribution in [-0.2, 0) is 14.3 Å². The van der Waals surface area contributed by atoms with E-state index in [9.17, 15) is 4.79 Å². The smallest absolute Gasteiger partial charge is 0.308 e. The minimum atomic E-state index is -0.205. The van der Waals surface area contributed by atoms with Gasteiger partial charge in [-0.3, -0.25) is 9.69 Å². The molecule has 1 aromatic carbocycles. The number of carbonyl (C=O) groups excluding carboxylic acids is 1. The van der Waals surface area contributed by atoms with E-state index in [1.807, 2.05) is 18.2 Å². The number of para-hydroxylation sites is 1. The quantitative estimate of drug-likeness (QED) is 0.741. The van der Waals surface area contributed by atoms with E-state index in [0.717, 1.165) is 26.2 Å². The molecule has 0 saturated carbocycles. The van der Waals surface area contributed by atoms with Crippen LogP contribution in [0.15, 0.2) is 30.3 Å². The summed E-state index contributed by atoms with van der Waals surface area (Å²) in [4.78, 5) is 15.9. The first-order valence-electron chi connectivity index (χ1n) is 7.36. The van der Waals surface area contributed by atoms with Gasteiger partial charge in [-0.15, -0.1) is 0 Å². The fraction of sp³-hybridized carbons (Fsp3) is 0.562. The van der Waals surface area contributed by atoms with Gasteiger partial charge in [-0.05, 0) is 12.1 Å². The summed E-state index contributed by atoms with van der Waals surface area (Å²) in [5.41, 5.74) is 1.22. The van der Waals surface area contributed by atoms with Crippen LogP contribution >= 0.6 is 0 Å². The number of methoxy groups -OCH3 is 1. The van der Waals surface area contributed by atoms with Crippen LogP contribution in [0, 0.1) is 0 Å². The highest BCUT2D eigenvalue weighted by Gasteiger charge is 2.23. The van der Waals surface area contributed by atoms with Gasteiger partial charge in [0, 0.05) is 38.9 Å². The number of rotatable bonds is 6. The van der Waals surface area contributed by atoms with Crippen molar-refractivity contribution in [2.75, 3.05) is 51.8 Å². The van der Waals surface area contributed by atoms with Crippen LogP contribution in [0.25, 0.3) is 0 Å². The van der Waals surface area contributed by atoms with Crippen LogP contribution in [0.2, 0.25) is 0 Å². The molecule has 0 bridgehead atoms. The lowest BCUT2D eigenvalue weighted by Crippen LogP contribution is -2.45. The summed E-state index contributed by atoms with van der Waals surface area (Å²) in [5, 5.41) is 0. The third-order valence-electron chi connectivity index (χ3n) is 3.79. The molecule has 1 atom stereocenters. The Morgan fingerprint density at radius 3 is 2.90 bits per heavy atom. The minimum absolute atomic E-state index is 0.0479. The van der Waals surface area contributed by atoms with E-state index < -0.39 is 0 Å². The number of hydrogen-bond donors (Lipinski definition) is 0. The molecular formula is C16H24N2O3. The third-order valence-corrected chi connectivity index (χ3v) is 3.79. The first kappa shape index (κ1) is 15.8. The Morgan fingerprint density at radius 2 is 2.19 bits per heavy atom. The number of hydrogen-bond acceptors (Lipinski definition) is 5. The third kappa shape index (κ3) is 5.02. The molecule has 0 aromatic heterocycles. The molecule has 21 heavy (non-hydrogen) atoms.